The quantitative estimate of drug-likeness (QED) is 0.178. The molecule has 6 aromatic carbocycles. The highest BCUT2D eigenvalue weighted by Crippen LogP contribution is 2.45. The summed E-state index contributed by atoms with van der Waals surface area (Å²) in [4.78, 5) is 8.78. The molecule has 0 atom stereocenters. The van der Waals surface area contributed by atoms with Gasteiger partial charge in [-0.15, -0.1) is 0 Å². The molecule has 0 unspecified atom stereocenters. The molecule has 1 aliphatic rings. The van der Waals surface area contributed by atoms with E-state index < -0.39 is 0 Å². The van der Waals surface area contributed by atoms with Crippen LogP contribution in [0.25, 0.3) is 88.4 Å². The van der Waals surface area contributed by atoms with Gasteiger partial charge in [-0.2, -0.15) is 0 Å². The molecule has 60 heavy (non-hydrogen) atoms. The molecular weight excluding hydrogens is 729 g/mol. The van der Waals surface area contributed by atoms with Gasteiger partial charge in [0.1, 0.15) is 0 Å². The van der Waals surface area contributed by atoms with E-state index in [1.165, 1.54) is 99.2 Å². The maximum atomic E-state index is 4.39. The zero-order chi connectivity index (χ0) is 40.9. The molecule has 0 radical (unpaired) electrons. The Morgan fingerprint density at radius 3 is 1.08 bits per heavy atom. The summed E-state index contributed by atoms with van der Waals surface area (Å²) in [6, 6.07) is 50.6. The Balaban J connectivity index is 1.11. The van der Waals surface area contributed by atoms with E-state index in [0.29, 0.717) is 0 Å². The molecular formula is C56H48N4. The van der Waals surface area contributed by atoms with Crippen LogP contribution in [0.1, 0.15) is 63.8 Å². The van der Waals surface area contributed by atoms with E-state index in [-0.39, 0.29) is 10.8 Å². The van der Waals surface area contributed by atoms with Crippen LogP contribution >= 0.6 is 0 Å². The Hall–Kier alpha value is -6.78. The van der Waals surface area contributed by atoms with E-state index in [1.54, 1.807) is 0 Å². The van der Waals surface area contributed by atoms with Crippen molar-refractivity contribution < 1.29 is 0 Å². The van der Waals surface area contributed by atoms with Gasteiger partial charge in [0, 0.05) is 57.7 Å². The second kappa shape index (κ2) is 13.4. The fourth-order valence-corrected chi connectivity index (χ4v) is 9.63. The van der Waals surface area contributed by atoms with Crippen LogP contribution in [0, 0.1) is 0 Å². The van der Waals surface area contributed by atoms with Crippen molar-refractivity contribution in [2.45, 2.75) is 65.2 Å². The zero-order valence-corrected chi connectivity index (χ0v) is 35.2. The summed E-state index contributed by atoms with van der Waals surface area (Å²) >= 11 is 0. The smallest absolute Gasteiger partial charge is 0.0547 e. The van der Waals surface area contributed by atoms with E-state index in [1.807, 2.05) is 24.8 Å². The van der Waals surface area contributed by atoms with Crippen molar-refractivity contribution >= 4 is 43.6 Å². The largest absolute Gasteiger partial charge is 0.309 e. The molecule has 0 saturated heterocycles. The molecule has 0 aliphatic heterocycles. The van der Waals surface area contributed by atoms with Gasteiger partial charge in [0.2, 0.25) is 0 Å². The lowest BCUT2D eigenvalue weighted by atomic mass is 9.83. The zero-order valence-electron chi connectivity index (χ0n) is 35.2. The predicted octanol–water partition coefficient (Wildman–Crippen LogP) is 14.4. The van der Waals surface area contributed by atoms with Crippen LogP contribution in [-0.2, 0) is 23.7 Å². The molecule has 0 fully saturated rings. The molecule has 0 saturated carbocycles. The van der Waals surface area contributed by atoms with Crippen LogP contribution in [0.3, 0.4) is 0 Å². The van der Waals surface area contributed by atoms with Gasteiger partial charge in [-0.1, -0.05) is 102 Å². The third-order valence-corrected chi connectivity index (χ3v) is 12.9. The van der Waals surface area contributed by atoms with Crippen LogP contribution in [-0.4, -0.2) is 19.1 Å². The van der Waals surface area contributed by atoms with Gasteiger partial charge in [0.05, 0.1) is 22.1 Å². The van der Waals surface area contributed by atoms with Gasteiger partial charge in [0.15, 0.2) is 0 Å². The highest BCUT2D eigenvalue weighted by molar-refractivity contribution is 6.14. The van der Waals surface area contributed by atoms with E-state index in [0.717, 1.165) is 24.2 Å². The fraction of sp³-hybridized carbons (Fsp3) is 0.179. The van der Waals surface area contributed by atoms with Crippen LogP contribution in [0.4, 0.5) is 0 Å². The lowest BCUT2D eigenvalue weighted by Crippen LogP contribution is -2.10. The summed E-state index contributed by atoms with van der Waals surface area (Å²) < 4.78 is 4.85. The van der Waals surface area contributed by atoms with E-state index in [9.17, 15) is 0 Å². The maximum Gasteiger partial charge on any atom is 0.0547 e. The number of benzene rings is 6. The number of nitrogens with zero attached hydrogens (tertiary/aromatic N) is 4. The van der Waals surface area contributed by atoms with Gasteiger partial charge >= 0.3 is 0 Å². The molecule has 292 valence electrons. The Morgan fingerprint density at radius 2 is 0.717 bits per heavy atom. The number of hydrogen-bond acceptors (Lipinski definition) is 2. The predicted molar refractivity (Wildman–Crippen MR) is 252 cm³/mol. The fourth-order valence-electron chi connectivity index (χ4n) is 9.63. The van der Waals surface area contributed by atoms with Gasteiger partial charge in [-0.05, 0) is 152 Å². The molecule has 0 N–H and O–H groups in total. The minimum Gasteiger partial charge on any atom is -0.309 e. The number of pyridine rings is 2. The second-order valence-electron chi connectivity index (χ2n) is 18.8. The molecule has 0 amide bonds. The molecule has 4 nitrogen and oxygen atoms in total. The van der Waals surface area contributed by atoms with E-state index in [2.05, 4.69) is 194 Å². The molecule has 4 heteroatoms. The first-order valence-corrected chi connectivity index (χ1v) is 21.2. The lowest BCUT2D eigenvalue weighted by molar-refractivity contribution is 0.590. The number of rotatable bonds is 4. The average Bonchev–Trinajstić information content (AvgIpc) is 3.75. The third-order valence-electron chi connectivity index (χ3n) is 12.9. The standard InChI is InChI=1S/C56H48N4/c1-55(2,3)41-15-9-35(10-16-41)37-13-19-51-47(29-37)49-31-39-7-8-40-32-50-48-30-38(36-11-17-42(18-12-36)56(4,5)6)14-20-52(48)60(44-23-27-58-28-24-44)54(50)34-46(40)45(39)33-53(49)59(51)43-21-25-57-26-22-43/h9-34H,7-8H2,1-6H3. The van der Waals surface area contributed by atoms with Crippen molar-refractivity contribution in [2.75, 3.05) is 0 Å². The summed E-state index contributed by atoms with van der Waals surface area (Å²) in [5, 5.41) is 5.11. The SMILES string of the molecule is CC(C)(C)c1ccc(-c2ccc3c(c2)c2cc4c(cc2n3-c2ccncc2)-c2cc3c(cc2CC4)c2cc(-c4ccc(C(C)(C)C)cc4)ccc2n3-c2ccncc2)cc1. The van der Waals surface area contributed by atoms with Gasteiger partial charge in [0.25, 0.3) is 0 Å². The first-order valence-electron chi connectivity index (χ1n) is 21.2. The average molecular weight is 777 g/mol. The van der Waals surface area contributed by atoms with Crippen molar-refractivity contribution in [3.05, 3.63) is 181 Å². The first-order chi connectivity index (χ1) is 29.0. The third kappa shape index (κ3) is 5.88. The normalized spacial score (nSPS) is 13.0. The second-order valence-corrected chi connectivity index (χ2v) is 18.8. The van der Waals surface area contributed by atoms with E-state index in [4.69, 9.17) is 0 Å². The number of aromatic nitrogens is 4. The molecule has 10 aromatic rings. The maximum absolute atomic E-state index is 4.39. The van der Waals surface area contributed by atoms with Crippen molar-refractivity contribution in [2.24, 2.45) is 0 Å². The highest BCUT2D eigenvalue weighted by atomic mass is 15.0. The van der Waals surface area contributed by atoms with Crippen molar-refractivity contribution in [3.8, 4) is 44.8 Å². The molecule has 0 bridgehead atoms. The minimum atomic E-state index is 0.114. The highest BCUT2D eigenvalue weighted by Gasteiger charge is 2.24. The van der Waals surface area contributed by atoms with Crippen LogP contribution < -0.4 is 0 Å². The van der Waals surface area contributed by atoms with E-state index >= 15 is 0 Å². The summed E-state index contributed by atoms with van der Waals surface area (Å²) in [5.41, 5.74) is 20.3. The van der Waals surface area contributed by atoms with Crippen LogP contribution in [0.15, 0.2) is 158 Å². The summed E-state index contributed by atoms with van der Waals surface area (Å²) in [7, 11) is 0. The van der Waals surface area contributed by atoms with Gasteiger partial charge in [-0.3, -0.25) is 9.97 Å². The Kier molecular flexibility index (Phi) is 8.09. The van der Waals surface area contributed by atoms with Crippen LogP contribution in [0.5, 0.6) is 0 Å². The molecule has 1 aliphatic carbocycles. The van der Waals surface area contributed by atoms with Gasteiger partial charge in [-0.25, -0.2) is 0 Å². The Labute approximate surface area is 351 Å². The molecule has 4 aromatic heterocycles. The molecule has 4 heterocycles. The summed E-state index contributed by atoms with van der Waals surface area (Å²) in [6.45, 7) is 13.6. The van der Waals surface area contributed by atoms with Crippen molar-refractivity contribution in [1.82, 2.24) is 19.1 Å². The van der Waals surface area contributed by atoms with Crippen LogP contribution in [0.2, 0.25) is 0 Å². The lowest BCUT2D eigenvalue weighted by Gasteiger charge is -2.21. The van der Waals surface area contributed by atoms with Gasteiger partial charge < -0.3 is 9.13 Å². The Morgan fingerprint density at radius 1 is 0.367 bits per heavy atom. The summed E-state index contributed by atoms with van der Waals surface area (Å²) in [6.07, 6.45) is 9.57. The topological polar surface area (TPSA) is 35.6 Å². The molecule has 0 spiro atoms. The Bertz CT molecular complexity index is 3060. The minimum absolute atomic E-state index is 0.114. The number of fused-ring (bicyclic) bond motifs is 9. The summed E-state index contributed by atoms with van der Waals surface area (Å²) in [5.74, 6) is 0. The number of hydrogen-bond donors (Lipinski definition) is 0. The molecule has 11 rings (SSSR count). The first kappa shape index (κ1) is 36.3. The van der Waals surface area contributed by atoms with Crippen molar-refractivity contribution in [1.29, 1.82) is 0 Å². The van der Waals surface area contributed by atoms with Crippen molar-refractivity contribution in [3.63, 3.8) is 0 Å². The number of aryl methyl sites for hydroxylation is 2. The monoisotopic (exact) mass is 776 g/mol.